The van der Waals surface area contributed by atoms with Crippen molar-refractivity contribution in [3.63, 3.8) is 0 Å². The Morgan fingerprint density at radius 3 is 2.53 bits per heavy atom. The third-order valence-electron chi connectivity index (χ3n) is 4.36. The fourth-order valence-corrected chi connectivity index (χ4v) is 3.97. The Morgan fingerprint density at radius 2 is 1.89 bits per heavy atom. The van der Waals surface area contributed by atoms with Gasteiger partial charge in [0, 0.05) is 17.3 Å². The quantitative estimate of drug-likeness (QED) is 0.846. The number of hydrogen-bond donors (Lipinski definition) is 1. The van der Waals surface area contributed by atoms with Gasteiger partial charge in [-0.3, -0.25) is 0 Å². The largest absolute Gasteiger partial charge is 0.306 e. The smallest absolute Gasteiger partial charge is 0.0294 e. The van der Waals surface area contributed by atoms with Gasteiger partial charge in [-0.1, -0.05) is 44.0 Å². The highest BCUT2D eigenvalue weighted by atomic mass is 32.2. The summed E-state index contributed by atoms with van der Waals surface area (Å²) in [6, 6.07) is 10.2. The minimum atomic E-state index is 0.462. The molecule has 19 heavy (non-hydrogen) atoms. The third-order valence-corrected chi connectivity index (χ3v) is 5.53. The lowest BCUT2D eigenvalue weighted by molar-refractivity contribution is 0.356. The topological polar surface area (TPSA) is 12.0 Å². The van der Waals surface area contributed by atoms with E-state index in [4.69, 9.17) is 0 Å². The van der Waals surface area contributed by atoms with Gasteiger partial charge in [0.05, 0.1) is 0 Å². The highest BCUT2D eigenvalue weighted by Crippen LogP contribution is 2.29. The minimum Gasteiger partial charge on any atom is -0.306 e. The summed E-state index contributed by atoms with van der Waals surface area (Å²) in [7, 11) is 0. The maximum atomic E-state index is 3.85. The molecule has 0 saturated heterocycles. The molecule has 1 aromatic carbocycles. The zero-order chi connectivity index (χ0) is 13.7. The van der Waals surface area contributed by atoms with Gasteiger partial charge in [0.2, 0.25) is 0 Å². The standard InChI is InChI=1S/C17H27NS/c1-4-14-9-11-15(12-10-14)13(2)18-16-7-5-6-8-17(16)19-3/h9-13,16-18H,4-8H2,1-3H3. The van der Waals surface area contributed by atoms with E-state index in [1.807, 2.05) is 11.8 Å². The molecule has 2 heteroatoms. The summed E-state index contributed by atoms with van der Waals surface area (Å²) in [4.78, 5) is 0. The zero-order valence-corrected chi connectivity index (χ0v) is 13.3. The van der Waals surface area contributed by atoms with Crippen molar-refractivity contribution in [2.75, 3.05) is 6.26 Å². The lowest BCUT2D eigenvalue weighted by atomic mass is 9.93. The summed E-state index contributed by atoms with van der Waals surface area (Å²) in [6.07, 6.45) is 8.88. The first-order valence-corrected chi connectivity index (χ1v) is 8.91. The second-order valence-electron chi connectivity index (χ2n) is 5.65. The maximum Gasteiger partial charge on any atom is 0.0294 e. The molecule has 3 unspecified atom stereocenters. The van der Waals surface area contributed by atoms with E-state index in [1.165, 1.54) is 36.8 Å². The van der Waals surface area contributed by atoms with E-state index in [9.17, 15) is 0 Å². The van der Waals surface area contributed by atoms with Gasteiger partial charge in [-0.05, 0) is 43.6 Å². The Bertz CT molecular complexity index is 373. The summed E-state index contributed by atoms with van der Waals surface area (Å²) >= 11 is 2.03. The van der Waals surface area contributed by atoms with Crippen LogP contribution >= 0.6 is 11.8 Å². The molecule has 0 bridgehead atoms. The van der Waals surface area contributed by atoms with Crippen molar-refractivity contribution in [3.05, 3.63) is 35.4 Å². The van der Waals surface area contributed by atoms with Crippen LogP contribution in [0.15, 0.2) is 24.3 Å². The van der Waals surface area contributed by atoms with Crippen LogP contribution in [0.3, 0.4) is 0 Å². The summed E-state index contributed by atoms with van der Waals surface area (Å²) in [5.74, 6) is 0. The van der Waals surface area contributed by atoms with E-state index < -0.39 is 0 Å². The van der Waals surface area contributed by atoms with Gasteiger partial charge in [0.25, 0.3) is 0 Å². The van der Waals surface area contributed by atoms with E-state index in [-0.39, 0.29) is 0 Å². The van der Waals surface area contributed by atoms with Crippen LogP contribution in [-0.4, -0.2) is 17.5 Å². The Balaban J connectivity index is 1.96. The molecule has 0 heterocycles. The van der Waals surface area contributed by atoms with Gasteiger partial charge in [-0.25, -0.2) is 0 Å². The van der Waals surface area contributed by atoms with Crippen LogP contribution < -0.4 is 5.32 Å². The van der Waals surface area contributed by atoms with Gasteiger partial charge >= 0.3 is 0 Å². The van der Waals surface area contributed by atoms with Crippen LogP contribution in [0, 0.1) is 0 Å². The van der Waals surface area contributed by atoms with Gasteiger partial charge in [0.15, 0.2) is 0 Å². The number of rotatable bonds is 5. The maximum absolute atomic E-state index is 3.85. The predicted molar refractivity (Wildman–Crippen MR) is 86.9 cm³/mol. The monoisotopic (exact) mass is 277 g/mol. The summed E-state index contributed by atoms with van der Waals surface area (Å²) in [5.41, 5.74) is 2.85. The average Bonchev–Trinajstić information content (AvgIpc) is 2.48. The van der Waals surface area contributed by atoms with E-state index in [2.05, 4.69) is 49.7 Å². The first kappa shape index (κ1) is 14.9. The van der Waals surface area contributed by atoms with E-state index >= 15 is 0 Å². The number of nitrogens with one attached hydrogen (secondary N) is 1. The highest BCUT2D eigenvalue weighted by molar-refractivity contribution is 7.99. The van der Waals surface area contributed by atoms with Gasteiger partial charge in [-0.2, -0.15) is 11.8 Å². The molecular formula is C17H27NS. The van der Waals surface area contributed by atoms with Gasteiger partial charge in [0.1, 0.15) is 0 Å². The van der Waals surface area contributed by atoms with Gasteiger partial charge in [-0.15, -0.1) is 0 Å². The molecule has 1 aliphatic rings. The number of thioether (sulfide) groups is 1. The van der Waals surface area contributed by atoms with Crippen molar-refractivity contribution in [1.29, 1.82) is 0 Å². The fraction of sp³-hybridized carbons (Fsp3) is 0.647. The second-order valence-corrected chi connectivity index (χ2v) is 6.73. The van der Waals surface area contributed by atoms with E-state index in [1.54, 1.807) is 0 Å². The molecule has 3 atom stereocenters. The van der Waals surface area contributed by atoms with Crippen molar-refractivity contribution in [3.8, 4) is 0 Å². The molecule has 0 radical (unpaired) electrons. The molecule has 0 spiro atoms. The van der Waals surface area contributed by atoms with E-state index in [0.29, 0.717) is 12.1 Å². The number of benzene rings is 1. The zero-order valence-electron chi connectivity index (χ0n) is 12.5. The molecule has 1 N–H and O–H groups in total. The molecule has 1 aromatic rings. The summed E-state index contributed by atoms with van der Waals surface area (Å²) in [5, 5.41) is 4.65. The van der Waals surface area contributed by atoms with Crippen LogP contribution in [-0.2, 0) is 6.42 Å². The molecule has 2 rings (SSSR count). The van der Waals surface area contributed by atoms with Gasteiger partial charge < -0.3 is 5.32 Å². The first-order valence-electron chi connectivity index (χ1n) is 7.62. The first-order chi connectivity index (χ1) is 9.24. The Labute approximate surface area is 122 Å². The SMILES string of the molecule is CCc1ccc(C(C)NC2CCCCC2SC)cc1. The molecule has 0 aromatic heterocycles. The van der Waals surface area contributed by atoms with Crippen molar-refractivity contribution < 1.29 is 0 Å². The Morgan fingerprint density at radius 1 is 1.21 bits per heavy atom. The molecule has 0 aliphatic heterocycles. The number of hydrogen-bond acceptors (Lipinski definition) is 2. The van der Waals surface area contributed by atoms with Crippen molar-refractivity contribution in [1.82, 2.24) is 5.32 Å². The third kappa shape index (κ3) is 4.00. The van der Waals surface area contributed by atoms with Crippen molar-refractivity contribution >= 4 is 11.8 Å². The summed E-state index contributed by atoms with van der Waals surface area (Å²) < 4.78 is 0. The van der Waals surface area contributed by atoms with E-state index in [0.717, 1.165) is 11.7 Å². The normalized spacial score (nSPS) is 25.2. The lowest BCUT2D eigenvalue weighted by Crippen LogP contribution is -2.41. The van der Waals surface area contributed by atoms with Crippen LogP contribution in [0.5, 0.6) is 0 Å². The molecule has 1 saturated carbocycles. The number of aryl methyl sites for hydroxylation is 1. The molecule has 106 valence electrons. The van der Waals surface area contributed by atoms with Crippen molar-refractivity contribution in [2.45, 2.75) is 63.3 Å². The molecule has 0 amide bonds. The molecular weight excluding hydrogens is 250 g/mol. The summed E-state index contributed by atoms with van der Waals surface area (Å²) in [6.45, 7) is 4.51. The minimum absolute atomic E-state index is 0.462. The Hall–Kier alpha value is -0.470. The fourth-order valence-electron chi connectivity index (χ4n) is 3.03. The van der Waals surface area contributed by atoms with Crippen LogP contribution in [0.25, 0.3) is 0 Å². The van der Waals surface area contributed by atoms with Crippen LogP contribution in [0.1, 0.15) is 56.7 Å². The second kappa shape index (κ2) is 7.35. The average molecular weight is 277 g/mol. The lowest BCUT2D eigenvalue weighted by Gasteiger charge is -2.33. The molecule has 1 nitrogen and oxygen atoms in total. The predicted octanol–water partition coefficient (Wildman–Crippen LogP) is 4.57. The Kier molecular flexibility index (Phi) is 5.77. The van der Waals surface area contributed by atoms with Crippen LogP contribution in [0.4, 0.5) is 0 Å². The van der Waals surface area contributed by atoms with Crippen molar-refractivity contribution in [2.24, 2.45) is 0 Å². The highest BCUT2D eigenvalue weighted by Gasteiger charge is 2.25. The molecule has 1 fully saturated rings. The molecule has 1 aliphatic carbocycles. The van der Waals surface area contributed by atoms with Crippen LogP contribution in [0.2, 0.25) is 0 Å².